The number of rotatable bonds is 3. The Kier molecular flexibility index (Phi) is 4.66. The number of furan rings is 1. The minimum Gasteiger partial charge on any atom is -0.451 e. The molecule has 1 aliphatic heterocycles. The molecular weight excluding hydrogens is 346 g/mol. The Balaban J connectivity index is 1.40. The van der Waals surface area contributed by atoms with Gasteiger partial charge in [-0.05, 0) is 25.5 Å². The van der Waals surface area contributed by atoms with Gasteiger partial charge in [-0.15, -0.1) is 0 Å². The highest BCUT2D eigenvalue weighted by Crippen LogP contribution is 2.20. The molecule has 1 saturated heterocycles. The van der Waals surface area contributed by atoms with Crippen molar-refractivity contribution in [3.63, 3.8) is 0 Å². The van der Waals surface area contributed by atoms with E-state index < -0.39 is 0 Å². The number of para-hydroxylation sites is 1. The number of hydrogen-bond donors (Lipinski definition) is 0. The molecular formula is C20H21N3O4. The minimum absolute atomic E-state index is 0.0100. The van der Waals surface area contributed by atoms with Gasteiger partial charge in [-0.25, -0.2) is 0 Å². The molecule has 2 aromatic heterocycles. The summed E-state index contributed by atoms with van der Waals surface area (Å²) in [6.45, 7) is 4.02. The summed E-state index contributed by atoms with van der Waals surface area (Å²) < 4.78 is 10.8. The number of aromatic nitrogens is 1. The molecule has 0 aliphatic carbocycles. The fourth-order valence-corrected chi connectivity index (χ4v) is 3.37. The fraction of sp³-hybridized carbons (Fsp3) is 0.350. The van der Waals surface area contributed by atoms with E-state index in [0.29, 0.717) is 43.3 Å². The third kappa shape index (κ3) is 3.72. The highest BCUT2D eigenvalue weighted by atomic mass is 16.5. The first-order chi connectivity index (χ1) is 13.1. The Hall–Kier alpha value is -3.09. The van der Waals surface area contributed by atoms with Gasteiger partial charge in [0.15, 0.2) is 5.76 Å². The van der Waals surface area contributed by atoms with Crippen molar-refractivity contribution in [2.75, 3.05) is 26.2 Å². The average Bonchev–Trinajstić information content (AvgIpc) is 3.19. The Bertz CT molecular complexity index is 941. The summed E-state index contributed by atoms with van der Waals surface area (Å²) in [4.78, 5) is 28.8. The fourth-order valence-electron chi connectivity index (χ4n) is 3.37. The molecule has 0 unspecified atom stereocenters. The van der Waals surface area contributed by atoms with Crippen LogP contribution in [0.3, 0.4) is 0 Å². The SMILES string of the molecule is Cc1cc(CC(=O)N2CCCN(C(=O)c3cc4ccccc4o3)CC2)on1. The molecule has 0 bridgehead atoms. The maximum absolute atomic E-state index is 12.8. The molecule has 140 valence electrons. The first-order valence-corrected chi connectivity index (χ1v) is 9.08. The quantitative estimate of drug-likeness (QED) is 0.711. The van der Waals surface area contributed by atoms with Gasteiger partial charge in [0.05, 0.1) is 12.1 Å². The Morgan fingerprint density at radius 3 is 2.63 bits per heavy atom. The number of carbonyl (C=O) groups excluding carboxylic acids is 2. The Morgan fingerprint density at radius 1 is 1.07 bits per heavy atom. The molecule has 0 saturated carbocycles. The lowest BCUT2D eigenvalue weighted by atomic mass is 10.2. The van der Waals surface area contributed by atoms with Gasteiger partial charge in [0.25, 0.3) is 5.91 Å². The van der Waals surface area contributed by atoms with Gasteiger partial charge in [-0.3, -0.25) is 9.59 Å². The predicted molar refractivity (Wildman–Crippen MR) is 98.3 cm³/mol. The maximum atomic E-state index is 12.8. The molecule has 4 rings (SSSR count). The number of benzene rings is 1. The number of aryl methyl sites for hydroxylation is 1. The van der Waals surface area contributed by atoms with Gasteiger partial charge in [0, 0.05) is 37.6 Å². The minimum atomic E-state index is -0.133. The van der Waals surface area contributed by atoms with Gasteiger partial charge in [-0.1, -0.05) is 23.4 Å². The zero-order chi connectivity index (χ0) is 18.8. The summed E-state index contributed by atoms with van der Waals surface area (Å²) in [5, 5.41) is 4.72. The summed E-state index contributed by atoms with van der Waals surface area (Å²) in [5.41, 5.74) is 1.46. The lowest BCUT2D eigenvalue weighted by Gasteiger charge is -2.21. The van der Waals surface area contributed by atoms with Gasteiger partial charge in [0.1, 0.15) is 11.3 Å². The van der Waals surface area contributed by atoms with Crippen LogP contribution in [0.25, 0.3) is 11.0 Å². The van der Waals surface area contributed by atoms with Crippen molar-refractivity contribution in [1.29, 1.82) is 0 Å². The summed E-state index contributed by atoms with van der Waals surface area (Å²) in [5.74, 6) is 0.764. The van der Waals surface area contributed by atoms with Crippen LogP contribution in [-0.4, -0.2) is 52.9 Å². The van der Waals surface area contributed by atoms with Crippen molar-refractivity contribution in [2.45, 2.75) is 19.8 Å². The first-order valence-electron chi connectivity index (χ1n) is 9.08. The normalized spacial score (nSPS) is 15.1. The molecule has 7 nitrogen and oxygen atoms in total. The van der Waals surface area contributed by atoms with Crippen molar-refractivity contribution >= 4 is 22.8 Å². The molecule has 3 heterocycles. The Labute approximate surface area is 156 Å². The van der Waals surface area contributed by atoms with E-state index in [2.05, 4.69) is 5.16 Å². The Morgan fingerprint density at radius 2 is 1.85 bits per heavy atom. The monoisotopic (exact) mass is 367 g/mol. The van der Waals surface area contributed by atoms with Crippen LogP contribution in [0.1, 0.15) is 28.4 Å². The average molecular weight is 367 g/mol. The van der Waals surface area contributed by atoms with Crippen molar-refractivity contribution < 1.29 is 18.5 Å². The van der Waals surface area contributed by atoms with Crippen molar-refractivity contribution in [3.05, 3.63) is 53.6 Å². The predicted octanol–water partition coefficient (Wildman–Crippen LogP) is 2.65. The highest BCUT2D eigenvalue weighted by molar-refractivity contribution is 5.96. The van der Waals surface area contributed by atoms with E-state index >= 15 is 0 Å². The molecule has 0 N–H and O–H groups in total. The topological polar surface area (TPSA) is 79.8 Å². The van der Waals surface area contributed by atoms with Crippen LogP contribution < -0.4 is 0 Å². The van der Waals surface area contributed by atoms with Crippen LogP contribution in [0.4, 0.5) is 0 Å². The number of fused-ring (bicyclic) bond motifs is 1. The van der Waals surface area contributed by atoms with E-state index in [4.69, 9.17) is 8.94 Å². The van der Waals surface area contributed by atoms with Crippen molar-refractivity contribution in [3.8, 4) is 0 Å². The van der Waals surface area contributed by atoms with E-state index in [1.165, 1.54) is 0 Å². The van der Waals surface area contributed by atoms with Crippen LogP contribution in [-0.2, 0) is 11.2 Å². The molecule has 2 amide bonds. The van der Waals surface area contributed by atoms with Crippen LogP contribution in [0.2, 0.25) is 0 Å². The molecule has 7 heteroatoms. The molecule has 0 radical (unpaired) electrons. The number of hydrogen-bond acceptors (Lipinski definition) is 5. The molecule has 1 aliphatic rings. The van der Waals surface area contributed by atoms with E-state index in [1.54, 1.807) is 21.9 Å². The number of carbonyl (C=O) groups is 2. The zero-order valence-electron chi connectivity index (χ0n) is 15.2. The third-order valence-electron chi connectivity index (χ3n) is 4.77. The van der Waals surface area contributed by atoms with Crippen molar-refractivity contribution in [2.24, 2.45) is 0 Å². The lowest BCUT2D eigenvalue weighted by molar-refractivity contribution is -0.130. The molecule has 27 heavy (non-hydrogen) atoms. The standard InChI is InChI=1S/C20H21N3O4/c1-14-11-16(27-21-14)13-19(24)22-7-4-8-23(10-9-22)20(25)18-12-15-5-2-3-6-17(15)26-18/h2-3,5-6,11-12H,4,7-10,13H2,1H3. The first kappa shape index (κ1) is 17.3. The summed E-state index contributed by atoms with van der Waals surface area (Å²) in [6.07, 6.45) is 0.922. The lowest BCUT2D eigenvalue weighted by Crippen LogP contribution is -2.37. The van der Waals surface area contributed by atoms with E-state index in [1.807, 2.05) is 31.2 Å². The maximum Gasteiger partial charge on any atom is 0.289 e. The number of nitrogens with zero attached hydrogens (tertiary/aromatic N) is 3. The molecule has 0 atom stereocenters. The van der Waals surface area contributed by atoms with Gasteiger partial charge in [0.2, 0.25) is 5.91 Å². The summed E-state index contributed by atoms with van der Waals surface area (Å²) in [6, 6.07) is 11.1. The summed E-state index contributed by atoms with van der Waals surface area (Å²) in [7, 11) is 0. The largest absolute Gasteiger partial charge is 0.451 e. The molecule has 1 aromatic carbocycles. The van der Waals surface area contributed by atoms with Gasteiger partial charge < -0.3 is 18.7 Å². The second-order valence-corrected chi connectivity index (χ2v) is 6.79. The van der Waals surface area contributed by atoms with E-state index in [-0.39, 0.29) is 18.2 Å². The molecule has 3 aromatic rings. The van der Waals surface area contributed by atoms with Gasteiger partial charge in [-0.2, -0.15) is 0 Å². The third-order valence-corrected chi connectivity index (χ3v) is 4.77. The number of amides is 2. The second kappa shape index (κ2) is 7.26. The van der Waals surface area contributed by atoms with Gasteiger partial charge >= 0.3 is 0 Å². The summed E-state index contributed by atoms with van der Waals surface area (Å²) >= 11 is 0. The smallest absolute Gasteiger partial charge is 0.289 e. The van der Waals surface area contributed by atoms with Crippen LogP contribution in [0, 0.1) is 6.92 Å². The van der Waals surface area contributed by atoms with Crippen LogP contribution in [0.5, 0.6) is 0 Å². The highest BCUT2D eigenvalue weighted by Gasteiger charge is 2.25. The molecule has 1 fully saturated rings. The molecule has 0 spiro atoms. The van der Waals surface area contributed by atoms with E-state index in [9.17, 15) is 9.59 Å². The van der Waals surface area contributed by atoms with Crippen molar-refractivity contribution in [1.82, 2.24) is 15.0 Å². The zero-order valence-corrected chi connectivity index (χ0v) is 15.2. The van der Waals surface area contributed by atoms with Crippen LogP contribution >= 0.6 is 0 Å². The van der Waals surface area contributed by atoms with E-state index in [0.717, 1.165) is 17.5 Å². The second-order valence-electron chi connectivity index (χ2n) is 6.79. The van der Waals surface area contributed by atoms with Crippen LogP contribution in [0.15, 0.2) is 45.3 Å².